The lowest BCUT2D eigenvalue weighted by molar-refractivity contribution is -0.121. The molecule has 7 heteroatoms. The summed E-state index contributed by atoms with van der Waals surface area (Å²) in [6, 6.07) is 10.5. The molecule has 0 fully saturated rings. The highest BCUT2D eigenvalue weighted by Crippen LogP contribution is 2.30. The predicted molar refractivity (Wildman–Crippen MR) is 83.1 cm³/mol. The number of nitrogens with one attached hydrogen (secondary N) is 2. The van der Waals surface area contributed by atoms with E-state index in [4.69, 9.17) is 9.47 Å². The molecule has 2 N–H and O–H groups in total. The standard InChI is InChI=1S/C17H15FN2O4/c18-13-3-1-2-11(8-13)9-16(21)19-20-17(22)12-4-5-14-15(10-12)24-7-6-23-14/h1-5,8,10H,6-7,9H2,(H,19,21)(H,20,22). The zero-order valence-electron chi connectivity index (χ0n) is 12.7. The Morgan fingerprint density at radius 2 is 1.79 bits per heavy atom. The fourth-order valence-electron chi connectivity index (χ4n) is 2.26. The van der Waals surface area contributed by atoms with E-state index in [1.807, 2.05) is 0 Å². The maximum absolute atomic E-state index is 13.1. The van der Waals surface area contributed by atoms with Crippen LogP contribution in [0.5, 0.6) is 11.5 Å². The van der Waals surface area contributed by atoms with Gasteiger partial charge in [-0.1, -0.05) is 12.1 Å². The van der Waals surface area contributed by atoms with Crippen molar-refractivity contribution in [3.63, 3.8) is 0 Å². The van der Waals surface area contributed by atoms with Gasteiger partial charge in [0.2, 0.25) is 5.91 Å². The summed E-state index contributed by atoms with van der Waals surface area (Å²) < 4.78 is 23.8. The Bertz CT molecular complexity index is 779. The molecule has 1 aliphatic rings. The number of hydrogen-bond acceptors (Lipinski definition) is 4. The van der Waals surface area contributed by atoms with Crippen LogP contribution in [0.1, 0.15) is 15.9 Å². The molecule has 0 spiro atoms. The molecule has 0 aliphatic carbocycles. The second-order valence-electron chi connectivity index (χ2n) is 5.17. The lowest BCUT2D eigenvalue weighted by atomic mass is 10.1. The van der Waals surface area contributed by atoms with Crippen molar-refractivity contribution in [1.29, 1.82) is 0 Å². The molecule has 0 bridgehead atoms. The second kappa shape index (κ2) is 6.99. The molecule has 0 aromatic heterocycles. The molecular weight excluding hydrogens is 315 g/mol. The average molecular weight is 330 g/mol. The zero-order chi connectivity index (χ0) is 16.9. The number of benzene rings is 2. The lowest BCUT2D eigenvalue weighted by Crippen LogP contribution is -2.42. The Hall–Kier alpha value is -3.09. The minimum Gasteiger partial charge on any atom is -0.486 e. The summed E-state index contributed by atoms with van der Waals surface area (Å²) in [7, 11) is 0. The Morgan fingerprint density at radius 3 is 2.58 bits per heavy atom. The largest absolute Gasteiger partial charge is 0.486 e. The molecular formula is C17H15FN2O4. The van der Waals surface area contributed by atoms with Crippen LogP contribution >= 0.6 is 0 Å². The molecule has 2 amide bonds. The van der Waals surface area contributed by atoms with Gasteiger partial charge in [-0.3, -0.25) is 20.4 Å². The molecule has 0 radical (unpaired) electrons. The van der Waals surface area contributed by atoms with Crippen LogP contribution in [0.2, 0.25) is 0 Å². The molecule has 1 aliphatic heterocycles. The Morgan fingerprint density at radius 1 is 1.00 bits per heavy atom. The number of carbonyl (C=O) groups is 2. The van der Waals surface area contributed by atoms with E-state index in [1.165, 1.54) is 18.2 Å². The van der Waals surface area contributed by atoms with E-state index in [9.17, 15) is 14.0 Å². The van der Waals surface area contributed by atoms with Gasteiger partial charge in [0.15, 0.2) is 11.5 Å². The zero-order valence-corrected chi connectivity index (χ0v) is 12.7. The number of hydrazine groups is 1. The minimum atomic E-state index is -0.487. The van der Waals surface area contributed by atoms with Gasteiger partial charge in [0.25, 0.3) is 5.91 Å². The summed E-state index contributed by atoms with van der Waals surface area (Å²) in [5, 5.41) is 0. The van der Waals surface area contributed by atoms with Gasteiger partial charge in [-0.25, -0.2) is 4.39 Å². The molecule has 2 aromatic carbocycles. The number of ether oxygens (including phenoxy) is 2. The molecule has 2 aromatic rings. The molecule has 124 valence electrons. The van der Waals surface area contributed by atoms with Crippen LogP contribution in [0.25, 0.3) is 0 Å². The van der Waals surface area contributed by atoms with Crippen LogP contribution in [0, 0.1) is 5.82 Å². The summed E-state index contributed by atoms with van der Waals surface area (Å²) in [5.41, 5.74) is 5.45. The SMILES string of the molecule is O=C(Cc1cccc(F)c1)NNC(=O)c1ccc2c(c1)OCCO2. The maximum atomic E-state index is 13.1. The Balaban J connectivity index is 1.56. The van der Waals surface area contributed by atoms with Crippen molar-refractivity contribution in [1.82, 2.24) is 10.9 Å². The summed E-state index contributed by atoms with van der Waals surface area (Å²) in [5.74, 6) is -0.292. The van der Waals surface area contributed by atoms with E-state index in [0.717, 1.165) is 0 Å². The van der Waals surface area contributed by atoms with E-state index in [1.54, 1.807) is 24.3 Å². The third kappa shape index (κ3) is 3.81. The van der Waals surface area contributed by atoms with Gasteiger partial charge >= 0.3 is 0 Å². The first-order valence-electron chi connectivity index (χ1n) is 7.35. The van der Waals surface area contributed by atoms with E-state index in [0.29, 0.717) is 35.8 Å². The van der Waals surface area contributed by atoms with Crippen molar-refractivity contribution in [2.24, 2.45) is 0 Å². The summed E-state index contributed by atoms with van der Waals surface area (Å²) in [6.07, 6.45) is -0.0425. The van der Waals surface area contributed by atoms with E-state index >= 15 is 0 Å². The predicted octanol–water partition coefficient (Wildman–Crippen LogP) is 1.60. The molecule has 0 atom stereocenters. The van der Waals surface area contributed by atoms with Crippen LogP contribution in [0.4, 0.5) is 4.39 Å². The van der Waals surface area contributed by atoms with Gasteiger partial charge in [-0.15, -0.1) is 0 Å². The number of halogens is 1. The van der Waals surface area contributed by atoms with Crippen molar-refractivity contribution >= 4 is 11.8 Å². The van der Waals surface area contributed by atoms with Crippen LogP contribution < -0.4 is 20.3 Å². The molecule has 24 heavy (non-hydrogen) atoms. The van der Waals surface area contributed by atoms with E-state index in [-0.39, 0.29) is 6.42 Å². The van der Waals surface area contributed by atoms with Gasteiger partial charge in [0.1, 0.15) is 19.0 Å². The van der Waals surface area contributed by atoms with Gasteiger partial charge < -0.3 is 9.47 Å². The smallest absolute Gasteiger partial charge is 0.269 e. The molecule has 3 rings (SSSR count). The van der Waals surface area contributed by atoms with Gasteiger partial charge in [0.05, 0.1) is 6.42 Å². The first-order valence-corrected chi connectivity index (χ1v) is 7.35. The van der Waals surface area contributed by atoms with Gasteiger partial charge in [-0.2, -0.15) is 0 Å². The first kappa shape index (κ1) is 15.8. The number of carbonyl (C=O) groups excluding carboxylic acids is 2. The highest BCUT2D eigenvalue weighted by atomic mass is 19.1. The monoisotopic (exact) mass is 330 g/mol. The topological polar surface area (TPSA) is 76.7 Å². The Kier molecular flexibility index (Phi) is 4.60. The highest BCUT2D eigenvalue weighted by molar-refractivity contribution is 5.96. The fraction of sp³-hybridized carbons (Fsp3) is 0.176. The minimum absolute atomic E-state index is 0.0425. The fourth-order valence-corrected chi connectivity index (χ4v) is 2.26. The Labute approximate surface area is 137 Å². The molecule has 6 nitrogen and oxygen atoms in total. The highest BCUT2D eigenvalue weighted by Gasteiger charge is 2.15. The van der Waals surface area contributed by atoms with Gasteiger partial charge in [0, 0.05) is 5.56 Å². The number of rotatable bonds is 3. The number of fused-ring (bicyclic) bond motifs is 1. The van der Waals surface area contributed by atoms with Crippen LogP contribution in [0.3, 0.4) is 0 Å². The molecule has 0 saturated heterocycles. The summed E-state index contributed by atoms with van der Waals surface area (Å²) in [4.78, 5) is 23.9. The second-order valence-corrected chi connectivity index (χ2v) is 5.17. The quantitative estimate of drug-likeness (QED) is 0.838. The average Bonchev–Trinajstić information content (AvgIpc) is 2.59. The van der Waals surface area contributed by atoms with Crippen LogP contribution in [-0.2, 0) is 11.2 Å². The lowest BCUT2D eigenvalue weighted by Gasteiger charge is -2.18. The molecule has 0 saturated carbocycles. The third-order valence-corrected chi connectivity index (χ3v) is 3.37. The van der Waals surface area contributed by atoms with Crippen molar-refractivity contribution in [2.45, 2.75) is 6.42 Å². The molecule has 0 unspecified atom stereocenters. The van der Waals surface area contributed by atoms with E-state index in [2.05, 4.69) is 10.9 Å². The maximum Gasteiger partial charge on any atom is 0.269 e. The molecule has 1 heterocycles. The summed E-state index contributed by atoms with van der Waals surface area (Å²) >= 11 is 0. The van der Waals surface area contributed by atoms with Crippen molar-refractivity contribution < 1.29 is 23.5 Å². The van der Waals surface area contributed by atoms with E-state index < -0.39 is 17.6 Å². The first-order chi connectivity index (χ1) is 11.6. The van der Waals surface area contributed by atoms with Crippen molar-refractivity contribution in [2.75, 3.05) is 13.2 Å². The normalized spacial score (nSPS) is 12.4. The number of amides is 2. The van der Waals surface area contributed by atoms with Crippen molar-refractivity contribution in [3.05, 3.63) is 59.4 Å². The number of hydrogen-bond donors (Lipinski definition) is 2. The summed E-state index contributed by atoms with van der Waals surface area (Å²) in [6.45, 7) is 0.886. The van der Waals surface area contributed by atoms with Crippen LogP contribution in [-0.4, -0.2) is 25.0 Å². The van der Waals surface area contributed by atoms with Gasteiger partial charge in [-0.05, 0) is 35.9 Å². The van der Waals surface area contributed by atoms with Crippen molar-refractivity contribution in [3.8, 4) is 11.5 Å². The van der Waals surface area contributed by atoms with Crippen LogP contribution in [0.15, 0.2) is 42.5 Å². The third-order valence-electron chi connectivity index (χ3n) is 3.37.